The molecular formula is C35H54O10. The lowest BCUT2D eigenvalue weighted by Crippen LogP contribution is -2.69. The van der Waals surface area contributed by atoms with E-state index < -0.39 is 65.0 Å². The van der Waals surface area contributed by atoms with Gasteiger partial charge in [0.1, 0.15) is 23.7 Å². The van der Waals surface area contributed by atoms with Gasteiger partial charge in [0.25, 0.3) is 0 Å². The van der Waals surface area contributed by atoms with Crippen LogP contribution in [-0.4, -0.2) is 86.0 Å². The van der Waals surface area contributed by atoms with Crippen molar-refractivity contribution in [2.45, 2.75) is 136 Å². The molecule has 254 valence electrons. The molecule has 0 spiro atoms. The van der Waals surface area contributed by atoms with Crippen LogP contribution >= 0.6 is 0 Å². The van der Waals surface area contributed by atoms with Crippen LogP contribution in [0.4, 0.5) is 0 Å². The minimum atomic E-state index is -1.50. The second-order valence-electron chi connectivity index (χ2n) is 17.3. The number of aliphatic hydroxyl groups is 4. The van der Waals surface area contributed by atoms with E-state index in [1.54, 1.807) is 6.92 Å². The Bertz CT molecular complexity index is 1260. The Morgan fingerprint density at radius 2 is 1.53 bits per heavy atom. The number of carbonyl (C=O) groups is 2. The third-order valence-electron chi connectivity index (χ3n) is 14.9. The molecule has 6 rings (SSSR count). The van der Waals surface area contributed by atoms with E-state index in [4.69, 9.17) is 9.47 Å². The van der Waals surface area contributed by atoms with Crippen LogP contribution < -0.4 is 0 Å². The first kappa shape index (κ1) is 33.3. The minimum Gasteiger partial charge on any atom is -0.481 e. The van der Waals surface area contributed by atoms with Crippen molar-refractivity contribution < 1.29 is 49.7 Å². The Morgan fingerprint density at radius 1 is 0.844 bits per heavy atom. The Kier molecular flexibility index (Phi) is 7.76. The highest BCUT2D eigenvalue weighted by atomic mass is 16.7. The number of hydrogen-bond acceptors (Lipinski definition) is 8. The molecule has 0 bridgehead atoms. The van der Waals surface area contributed by atoms with E-state index in [9.17, 15) is 40.2 Å². The summed E-state index contributed by atoms with van der Waals surface area (Å²) in [5.41, 5.74) is -2.44. The molecule has 5 fully saturated rings. The predicted octanol–water partition coefficient (Wildman–Crippen LogP) is 3.73. The van der Waals surface area contributed by atoms with Gasteiger partial charge in [0.2, 0.25) is 0 Å². The lowest BCUT2D eigenvalue weighted by atomic mass is 9.33. The number of fused-ring (bicyclic) bond motifs is 7. The normalized spacial score (nSPS) is 54.0. The maximum atomic E-state index is 13.2. The first-order valence-corrected chi connectivity index (χ1v) is 17.0. The highest BCUT2D eigenvalue weighted by Gasteiger charge is 2.72. The van der Waals surface area contributed by atoms with E-state index >= 15 is 0 Å². The second kappa shape index (κ2) is 10.5. The third kappa shape index (κ3) is 4.34. The maximum absolute atomic E-state index is 13.2. The maximum Gasteiger partial charge on any atom is 0.312 e. The lowest BCUT2D eigenvalue weighted by molar-refractivity contribution is -0.308. The molecule has 0 aromatic carbocycles. The summed E-state index contributed by atoms with van der Waals surface area (Å²) in [5.74, 6) is -2.27. The Balaban J connectivity index is 1.36. The molecule has 1 heterocycles. The van der Waals surface area contributed by atoms with Crippen molar-refractivity contribution in [3.05, 3.63) is 11.6 Å². The number of aliphatic hydroxyl groups excluding tert-OH is 4. The number of hydrogen-bond donors (Lipinski definition) is 6. The molecule has 45 heavy (non-hydrogen) atoms. The molecule has 0 radical (unpaired) electrons. The average molecular weight is 635 g/mol. The number of rotatable bonds is 4. The lowest BCUT2D eigenvalue weighted by Gasteiger charge is -2.71. The molecule has 10 nitrogen and oxygen atoms in total. The van der Waals surface area contributed by atoms with Crippen LogP contribution in [0.15, 0.2) is 11.6 Å². The van der Waals surface area contributed by atoms with Gasteiger partial charge in [-0.1, -0.05) is 46.3 Å². The predicted molar refractivity (Wildman–Crippen MR) is 163 cm³/mol. The van der Waals surface area contributed by atoms with Crippen LogP contribution in [0, 0.1) is 50.2 Å². The standard InChI is InChI=1S/C35H54O10/c1-30(2)13-14-35(29(42)43)19(15-30)18-7-8-21-31(3)11-10-24(45-27-26(39)25(38)20(36)17-44-27)34(6,28(40)41)22(31)9-12-32(21,4)33(18,5)16-23(35)37/h7,19-27,36-39H,8-17H2,1-6H3,(H,40,41)(H,42,43)/t19-,20+,21+,22-,23+,24-,25-,26+,27-,31+,32+,33+,34-,35+/m0/s1. The molecule has 0 unspecified atom stereocenters. The molecule has 6 aliphatic rings. The van der Waals surface area contributed by atoms with E-state index in [0.29, 0.717) is 32.1 Å². The number of allylic oxidation sites excluding steroid dienone is 2. The molecule has 0 aromatic rings. The van der Waals surface area contributed by atoms with Gasteiger partial charge in [-0.3, -0.25) is 9.59 Å². The van der Waals surface area contributed by atoms with Crippen LogP contribution in [0.25, 0.3) is 0 Å². The molecule has 1 saturated heterocycles. The number of aliphatic carboxylic acids is 2. The van der Waals surface area contributed by atoms with Crippen molar-refractivity contribution in [1.29, 1.82) is 0 Å². The highest BCUT2D eigenvalue weighted by Crippen LogP contribution is 2.76. The van der Waals surface area contributed by atoms with E-state index in [1.165, 1.54) is 5.57 Å². The second-order valence-corrected chi connectivity index (χ2v) is 17.3. The minimum absolute atomic E-state index is 0.0325. The number of carboxylic acids is 2. The molecule has 14 atom stereocenters. The first-order valence-electron chi connectivity index (χ1n) is 17.0. The molecule has 5 aliphatic carbocycles. The summed E-state index contributed by atoms with van der Waals surface area (Å²) in [7, 11) is 0. The zero-order valence-electron chi connectivity index (χ0n) is 27.7. The van der Waals surface area contributed by atoms with Crippen LogP contribution in [0.3, 0.4) is 0 Å². The fourth-order valence-corrected chi connectivity index (χ4v) is 12.0. The van der Waals surface area contributed by atoms with E-state index in [-0.39, 0.29) is 40.6 Å². The summed E-state index contributed by atoms with van der Waals surface area (Å²) in [5, 5.41) is 64.0. The van der Waals surface area contributed by atoms with Crippen LogP contribution in [-0.2, 0) is 19.1 Å². The highest BCUT2D eigenvalue weighted by molar-refractivity contribution is 5.78. The van der Waals surface area contributed by atoms with Crippen molar-refractivity contribution in [1.82, 2.24) is 0 Å². The summed E-state index contributed by atoms with van der Waals surface area (Å²) >= 11 is 0. The zero-order chi connectivity index (χ0) is 33.1. The first-order chi connectivity index (χ1) is 20.8. The van der Waals surface area contributed by atoms with Gasteiger partial charge in [-0.25, -0.2) is 0 Å². The molecule has 10 heteroatoms. The van der Waals surface area contributed by atoms with Gasteiger partial charge in [-0.15, -0.1) is 0 Å². The Morgan fingerprint density at radius 3 is 2.18 bits per heavy atom. The molecule has 6 N–H and O–H groups in total. The zero-order valence-corrected chi connectivity index (χ0v) is 27.7. The molecule has 0 aromatic heterocycles. The smallest absolute Gasteiger partial charge is 0.312 e. The van der Waals surface area contributed by atoms with Crippen molar-refractivity contribution in [3.63, 3.8) is 0 Å². The summed E-state index contributed by atoms with van der Waals surface area (Å²) in [4.78, 5) is 26.2. The molecule has 4 saturated carbocycles. The van der Waals surface area contributed by atoms with E-state index in [1.807, 2.05) is 0 Å². The third-order valence-corrected chi connectivity index (χ3v) is 14.9. The monoisotopic (exact) mass is 634 g/mol. The molecule has 1 aliphatic heterocycles. The van der Waals surface area contributed by atoms with E-state index in [2.05, 4.69) is 40.7 Å². The van der Waals surface area contributed by atoms with Gasteiger partial charge in [0, 0.05) is 0 Å². The van der Waals surface area contributed by atoms with Crippen LogP contribution in [0.2, 0.25) is 0 Å². The largest absolute Gasteiger partial charge is 0.481 e. The topological polar surface area (TPSA) is 174 Å². The van der Waals surface area contributed by atoms with E-state index in [0.717, 1.165) is 25.7 Å². The fraction of sp³-hybridized carbons (Fsp3) is 0.886. The number of ether oxygens (including phenoxy) is 2. The molecule has 0 amide bonds. The van der Waals surface area contributed by atoms with Gasteiger partial charge >= 0.3 is 11.9 Å². The van der Waals surface area contributed by atoms with Crippen molar-refractivity contribution in [2.24, 2.45) is 50.2 Å². The van der Waals surface area contributed by atoms with Gasteiger partial charge in [0.05, 0.1) is 24.2 Å². The summed E-state index contributed by atoms with van der Waals surface area (Å²) in [6.45, 7) is 12.7. The van der Waals surface area contributed by atoms with Gasteiger partial charge in [0.15, 0.2) is 6.29 Å². The van der Waals surface area contributed by atoms with Crippen LogP contribution in [0.5, 0.6) is 0 Å². The van der Waals surface area contributed by atoms with Gasteiger partial charge in [-0.05, 0) is 104 Å². The number of carboxylic acid groups (broad SMARTS) is 2. The summed E-state index contributed by atoms with van der Waals surface area (Å²) < 4.78 is 11.7. The SMILES string of the molecule is CC1(C)CC[C@]2(C(=O)O)[C@H](O)C[C@]3(C)C(=CC[C@@H]4[C@@]5(C)CC[C@H](O[C@@H]6OC[C@@H](O)[C@H](O)[C@H]6O)[C@@](C)(C(=O)O)[C@H]5CC[C@]43C)[C@@H]2C1. The van der Waals surface area contributed by atoms with Gasteiger partial charge in [-0.2, -0.15) is 0 Å². The summed E-state index contributed by atoms with van der Waals surface area (Å²) in [6, 6.07) is 0. The Labute approximate surface area is 266 Å². The fourth-order valence-electron chi connectivity index (χ4n) is 12.0. The molecular weight excluding hydrogens is 580 g/mol. The average Bonchev–Trinajstić information content (AvgIpc) is 2.94. The van der Waals surface area contributed by atoms with Crippen molar-refractivity contribution in [2.75, 3.05) is 6.61 Å². The quantitative estimate of drug-likeness (QED) is 0.198. The van der Waals surface area contributed by atoms with Gasteiger partial charge < -0.3 is 40.1 Å². The van der Waals surface area contributed by atoms with Crippen LogP contribution in [0.1, 0.15) is 99.3 Å². The van der Waals surface area contributed by atoms with Crippen molar-refractivity contribution >= 4 is 11.9 Å². The van der Waals surface area contributed by atoms with Crippen molar-refractivity contribution in [3.8, 4) is 0 Å². The Hall–Kier alpha value is -1.56. The summed E-state index contributed by atoms with van der Waals surface area (Å²) in [6.07, 6.45) is 0.607.